The lowest BCUT2D eigenvalue weighted by Crippen LogP contribution is -2.30. The monoisotopic (exact) mass is 237 g/mol. The van der Waals surface area contributed by atoms with Gasteiger partial charge in [-0.1, -0.05) is 37.1 Å². The first-order chi connectivity index (χ1) is 7.81. The number of hydrogen-bond acceptors (Lipinski definition) is 1. The van der Waals surface area contributed by atoms with E-state index in [0.717, 1.165) is 24.0 Å². The third kappa shape index (κ3) is 2.78. The van der Waals surface area contributed by atoms with Crippen molar-refractivity contribution in [2.45, 2.75) is 32.1 Å². The van der Waals surface area contributed by atoms with E-state index in [1.54, 1.807) is 0 Å². The highest BCUT2D eigenvalue weighted by atomic mass is 35.5. The minimum Gasteiger partial charge on any atom is -0.316 e. The smallest absolute Gasteiger partial charge is 0.0406 e. The third-order valence-electron chi connectivity index (χ3n) is 3.63. The van der Waals surface area contributed by atoms with Gasteiger partial charge in [-0.05, 0) is 48.9 Å². The van der Waals surface area contributed by atoms with Crippen molar-refractivity contribution < 1.29 is 0 Å². The molecule has 2 heteroatoms. The topological polar surface area (TPSA) is 12.0 Å². The van der Waals surface area contributed by atoms with Gasteiger partial charge in [0.25, 0.3) is 0 Å². The van der Waals surface area contributed by atoms with E-state index in [1.807, 2.05) is 12.1 Å². The Morgan fingerprint density at radius 2 is 2.00 bits per heavy atom. The summed E-state index contributed by atoms with van der Waals surface area (Å²) in [5, 5.41) is 4.31. The minimum atomic E-state index is 0.672. The molecule has 1 aromatic rings. The zero-order valence-corrected chi connectivity index (χ0v) is 10.6. The summed E-state index contributed by atoms with van der Waals surface area (Å²) >= 11 is 5.93. The molecule has 1 aliphatic carbocycles. The molecule has 0 heterocycles. The van der Waals surface area contributed by atoms with E-state index in [-0.39, 0.29) is 0 Å². The van der Waals surface area contributed by atoms with Crippen molar-refractivity contribution in [1.82, 2.24) is 5.32 Å². The molecule has 16 heavy (non-hydrogen) atoms. The Bertz CT molecular complexity index is 316. The molecule has 0 radical (unpaired) electrons. The van der Waals surface area contributed by atoms with Crippen LogP contribution in [0.2, 0.25) is 5.02 Å². The van der Waals surface area contributed by atoms with Gasteiger partial charge >= 0.3 is 0 Å². The second-order valence-electron chi connectivity index (χ2n) is 4.66. The molecule has 0 saturated heterocycles. The Morgan fingerprint density at radius 1 is 1.31 bits per heavy atom. The number of benzene rings is 1. The van der Waals surface area contributed by atoms with Gasteiger partial charge in [-0.2, -0.15) is 0 Å². The van der Waals surface area contributed by atoms with Crippen molar-refractivity contribution >= 4 is 11.6 Å². The summed E-state index contributed by atoms with van der Waals surface area (Å²) in [4.78, 5) is 0. The lowest BCUT2D eigenvalue weighted by atomic mass is 9.73. The summed E-state index contributed by atoms with van der Waals surface area (Å²) < 4.78 is 0. The molecule has 0 bridgehead atoms. The highest BCUT2D eigenvalue weighted by molar-refractivity contribution is 6.30. The van der Waals surface area contributed by atoms with Gasteiger partial charge < -0.3 is 5.32 Å². The molecule has 1 saturated carbocycles. The largest absolute Gasteiger partial charge is 0.316 e. The minimum absolute atomic E-state index is 0.672. The molecular formula is C14H20ClN. The van der Waals surface area contributed by atoms with Crippen LogP contribution in [0.5, 0.6) is 0 Å². The number of halogens is 1. The van der Waals surface area contributed by atoms with E-state index in [1.165, 1.54) is 24.8 Å². The van der Waals surface area contributed by atoms with Gasteiger partial charge in [0.2, 0.25) is 0 Å². The quantitative estimate of drug-likeness (QED) is 0.821. The standard InChI is InChI=1S/C14H20ClN/c1-2-16-10-14(11-4-3-5-11)12-6-8-13(15)9-7-12/h6-9,11,14,16H,2-5,10H2,1H3. The first-order valence-corrected chi connectivity index (χ1v) is 6.65. The van der Waals surface area contributed by atoms with Crippen LogP contribution in [0.4, 0.5) is 0 Å². The van der Waals surface area contributed by atoms with Crippen LogP contribution in [0.15, 0.2) is 24.3 Å². The molecule has 0 spiro atoms. The van der Waals surface area contributed by atoms with E-state index in [0.29, 0.717) is 5.92 Å². The SMILES string of the molecule is CCNCC(c1ccc(Cl)cc1)C1CCC1. The molecule has 1 atom stereocenters. The Hall–Kier alpha value is -0.530. The lowest BCUT2D eigenvalue weighted by molar-refractivity contribution is 0.256. The van der Waals surface area contributed by atoms with E-state index in [2.05, 4.69) is 24.4 Å². The third-order valence-corrected chi connectivity index (χ3v) is 3.88. The maximum absolute atomic E-state index is 5.93. The Labute approximate surface area is 103 Å². The fourth-order valence-electron chi connectivity index (χ4n) is 2.41. The Balaban J connectivity index is 2.07. The zero-order chi connectivity index (χ0) is 11.4. The molecule has 2 rings (SSSR count). The first kappa shape index (κ1) is 11.9. The normalized spacial score (nSPS) is 18.1. The van der Waals surface area contributed by atoms with Gasteiger partial charge in [0.15, 0.2) is 0 Å². The lowest BCUT2D eigenvalue weighted by Gasteiger charge is -2.34. The summed E-state index contributed by atoms with van der Waals surface area (Å²) in [6, 6.07) is 8.38. The number of nitrogens with one attached hydrogen (secondary N) is 1. The molecule has 1 aromatic carbocycles. The molecule has 88 valence electrons. The summed E-state index contributed by atoms with van der Waals surface area (Å²) in [6.45, 7) is 4.32. The van der Waals surface area contributed by atoms with Gasteiger partial charge in [-0.25, -0.2) is 0 Å². The van der Waals surface area contributed by atoms with Gasteiger partial charge in [0.1, 0.15) is 0 Å². The van der Waals surface area contributed by atoms with Crippen molar-refractivity contribution in [2.24, 2.45) is 5.92 Å². The van der Waals surface area contributed by atoms with Crippen LogP contribution in [0.3, 0.4) is 0 Å². The van der Waals surface area contributed by atoms with Crippen molar-refractivity contribution in [1.29, 1.82) is 0 Å². The molecule has 1 fully saturated rings. The van der Waals surface area contributed by atoms with Gasteiger partial charge in [-0.15, -0.1) is 0 Å². The number of likely N-dealkylation sites (N-methyl/N-ethyl adjacent to an activating group) is 1. The van der Waals surface area contributed by atoms with Crippen LogP contribution in [-0.2, 0) is 0 Å². The summed E-state index contributed by atoms with van der Waals surface area (Å²) in [5.74, 6) is 1.55. The second kappa shape index (κ2) is 5.70. The van der Waals surface area contributed by atoms with Crippen molar-refractivity contribution in [3.63, 3.8) is 0 Å². The predicted octanol–water partition coefficient (Wildman–Crippen LogP) is 3.83. The van der Waals surface area contributed by atoms with Gasteiger partial charge in [-0.3, -0.25) is 0 Å². The second-order valence-corrected chi connectivity index (χ2v) is 5.09. The van der Waals surface area contributed by atoms with Crippen molar-refractivity contribution in [3.8, 4) is 0 Å². The van der Waals surface area contributed by atoms with Crippen LogP contribution in [-0.4, -0.2) is 13.1 Å². The summed E-state index contributed by atoms with van der Waals surface area (Å²) in [7, 11) is 0. The van der Waals surface area contributed by atoms with Gasteiger partial charge in [0.05, 0.1) is 0 Å². The number of hydrogen-bond donors (Lipinski definition) is 1. The van der Waals surface area contributed by atoms with Gasteiger partial charge in [0, 0.05) is 11.6 Å². The van der Waals surface area contributed by atoms with Crippen molar-refractivity contribution in [3.05, 3.63) is 34.9 Å². The van der Waals surface area contributed by atoms with Crippen LogP contribution >= 0.6 is 11.6 Å². The highest BCUT2D eigenvalue weighted by Gasteiger charge is 2.27. The van der Waals surface area contributed by atoms with Crippen LogP contribution in [0.25, 0.3) is 0 Å². The van der Waals surface area contributed by atoms with E-state index in [9.17, 15) is 0 Å². The molecule has 0 aromatic heterocycles. The van der Waals surface area contributed by atoms with E-state index in [4.69, 9.17) is 11.6 Å². The Kier molecular flexibility index (Phi) is 4.25. The molecule has 1 N–H and O–H groups in total. The average Bonchev–Trinajstić information content (AvgIpc) is 2.23. The van der Waals surface area contributed by atoms with E-state index >= 15 is 0 Å². The Morgan fingerprint density at radius 3 is 2.50 bits per heavy atom. The maximum Gasteiger partial charge on any atom is 0.0406 e. The van der Waals surface area contributed by atoms with Crippen LogP contribution in [0.1, 0.15) is 37.7 Å². The zero-order valence-electron chi connectivity index (χ0n) is 9.88. The number of rotatable bonds is 5. The highest BCUT2D eigenvalue weighted by Crippen LogP contribution is 2.39. The molecule has 1 unspecified atom stereocenters. The van der Waals surface area contributed by atoms with E-state index < -0.39 is 0 Å². The molecular weight excluding hydrogens is 218 g/mol. The molecule has 1 aliphatic rings. The van der Waals surface area contributed by atoms with Crippen molar-refractivity contribution in [2.75, 3.05) is 13.1 Å². The van der Waals surface area contributed by atoms with Crippen LogP contribution in [0, 0.1) is 5.92 Å². The molecule has 0 amide bonds. The predicted molar refractivity (Wildman–Crippen MR) is 70.1 cm³/mol. The maximum atomic E-state index is 5.93. The first-order valence-electron chi connectivity index (χ1n) is 6.27. The average molecular weight is 238 g/mol. The molecule has 0 aliphatic heterocycles. The fraction of sp³-hybridized carbons (Fsp3) is 0.571. The van der Waals surface area contributed by atoms with Crippen LogP contribution < -0.4 is 5.32 Å². The molecule has 1 nitrogen and oxygen atoms in total. The summed E-state index contributed by atoms with van der Waals surface area (Å²) in [6.07, 6.45) is 4.18. The summed E-state index contributed by atoms with van der Waals surface area (Å²) in [5.41, 5.74) is 1.44. The fourth-order valence-corrected chi connectivity index (χ4v) is 2.53.